The largest absolute Gasteiger partial charge is 0.489 e. The first kappa shape index (κ1) is 35.3. The Morgan fingerprint density at radius 3 is 0.826 bits per heavy atom. The van der Waals surface area contributed by atoms with Gasteiger partial charge in [0, 0.05) is 0 Å². The van der Waals surface area contributed by atoms with Gasteiger partial charge in [-0.1, -0.05) is 144 Å². The van der Waals surface area contributed by atoms with Crippen molar-refractivity contribution in [2.45, 2.75) is 131 Å². The van der Waals surface area contributed by atoms with E-state index in [0.29, 0.717) is 13.2 Å². The van der Waals surface area contributed by atoms with E-state index >= 15 is 0 Å². The molecule has 0 fully saturated rings. The Bertz CT molecular complexity index is 1390. The van der Waals surface area contributed by atoms with Crippen LogP contribution in [0, 0.1) is 0 Å². The predicted octanol–water partition coefficient (Wildman–Crippen LogP) is 11.8. The van der Waals surface area contributed by atoms with Crippen LogP contribution in [-0.2, 0) is 47.7 Å². The Morgan fingerprint density at radius 2 is 0.587 bits per heavy atom. The molecule has 4 aromatic rings. The molecule has 0 amide bonds. The van der Waals surface area contributed by atoms with E-state index in [0.717, 1.165) is 24.3 Å². The molecule has 0 spiro atoms. The number of rotatable bonds is 9. The molecule has 0 saturated carbocycles. The van der Waals surface area contributed by atoms with Crippen molar-refractivity contribution in [1.29, 1.82) is 0 Å². The second-order valence-electron chi connectivity index (χ2n) is 17.2. The number of ether oxygens (including phenoxy) is 2. The van der Waals surface area contributed by atoms with Gasteiger partial charge in [0.05, 0.1) is 0 Å². The summed E-state index contributed by atoms with van der Waals surface area (Å²) >= 11 is 0. The van der Waals surface area contributed by atoms with Crippen LogP contribution in [0.3, 0.4) is 0 Å². The summed E-state index contributed by atoms with van der Waals surface area (Å²) in [6.07, 6.45) is 2.02. The highest BCUT2D eigenvalue weighted by Crippen LogP contribution is 2.34. The third-order valence-corrected chi connectivity index (χ3v) is 8.84. The van der Waals surface area contributed by atoms with Crippen molar-refractivity contribution in [2.24, 2.45) is 0 Å². The van der Waals surface area contributed by atoms with Crippen LogP contribution >= 0.6 is 0 Å². The van der Waals surface area contributed by atoms with Crippen LogP contribution in [0.2, 0.25) is 0 Å². The summed E-state index contributed by atoms with van der Waals surface area (Å²) in [4.78, 5) is 0. The highest BCUT2D eigenvalue weighted by atomic mass is 16.5. The van der Waals surface area contributed by atoms with Crippen LogP contribution < -0.4 is 9.47 Å². The van der Waals surface area contributed by atoms with E-state index in [9.17, 15) is 0 Å². The second-order valence-corrected chi connectivity index (χ2v) is 17.2. The Balaban J connectivity index is 1.32. The molecule has 0 bridgehead atoms. The first-order valence-electron chi connectivity index (χ1n) is 17.0. The fourth-order valence-electron chi connectivity index (χ4n) is 5.32. The molecule has 0 N–H and O–H groups in total. The lowest BCUT2D eigenvalue weighted by Crippen LogP contribution is -2.16. The van der Waals surface area contributed by atoms with Crippen molar-refractivity contribution in [2.75, 3.05) is 0 Å². The zero-order valence-corrected chi connectivity index (χ0v) is 30.7. The summed E-state index contributed by atoms with van der Waals surface area (Å²) in [6.45, 7) is 28.3. The number of benzene rings is 4. The molecule has 4 rings (SSSR count). The van der Waals surface area contributed by atoms with Crippen LogP contribution in [-0.4, -0.2) is 0 Å². The van der Waals surface area contributed by atoms with Crippen molar-refractivity contribution < 1.29 is 9.47 Å². The van der Waals surface area contributed by atoms with Gasteiger partial charge < -0.3 is 9.47 Å². The molecule has 0 radical (unpaired) electrons. The molecule has 4 aromatic carbocycles. The second kappa shape index (κ2) is 13.7. The van der Waals surface area contributed by atoms with E-state index in [4.69, 9.17) is 9.47 Å². The fourth-order valence-corrected chi connectivity index (χ4v) is 5.32. The minimum absolute atomic E-state index is 0.0736. The third-order valence-electron chi connectivity index (χ3n) is 8.84. The molecule has 0 aliphatic rings. The Morgan fingerprint density at radius 1 is 0.348 bits per heavy atom. The molecule has 46 heavy (non-hydrogen) atoms. The monoisotopic (exact) mass is 618 g/mol. The Labute approximate surface area is 280 Å². The van der Waals surface area contributed by atoms with Gasteiger partial charge in [-0.2, -0.15) is 0 Å². The molecule has 0 unspecified atom stereocenters. The quantitative estimate of drug-likeness (QED) is 0.186. The molecule has 0 aromatic heterocycles. The lowest BCUT2D eigenvalue weighted by Gasteiger charge is -2.26. The van der Waals surface area contributed by atoms with Crippen LogP contribution in [0.5, 0.6) is 11.5 Å². The summed E-state index contributed by atoms with van der Waals surface area (Å²) in [5.41, 5.74) is 10.6. The standard InChI is InChI=1S/C44H58O2/c1-41(2,3)35-23-36(42(4,5)6)26-39(25-35)45-29-33-19-15-31(16-20-33)13-14-32-17-21-34(22-18-32)30-46-40-27-37(43(7,8)9)24-38(28-40)44(10,11)12/h15-28H,13-14,29-30H2,1-12H3. The van der Waals surface area contributed by atoms with Gasteiger partial charge >= 0.3 is 0 Å². The summed E-state index contributed by atoms with van der Waals surface area (Å²) in [7, 11) is 0. The molecule has 2 heteroatoms. The van der Waals surface area contributed by atoms with E-state index < -0.39 is 0 Å². The first-order chi connectivity index (χ1) is 21.3. The number of hydrogen-bond acceptors (Lipinski definition) is 2. The molecular formula is C44H58O2. The summed E-state index contributed by atoms with van der Waals surface area (Å²) in [6, 6.07) is 31.2. The minimum Gasteiger partial charge on any atom is -0.489 e. The minimum atomic E-state index is 0.0736. The number of hydrogen-bond donors (Lipinski definition) is 0. The van der Waals surface area contributed by atoms with E-state index in [-0.39, 0.29) is 21.7 Å². The van der Waals surface area contributed by atoms with Crippen molar-refractivity contribution in [3.63, 3.8) is 0 Å². The topological polar surface area (TPSA) is 18.5 Å². The van der Waals surface area contributed by atoms with E-state index in [1.165, 1.54) is 44.5 Å². The average Bonchev–Trinajstić information content (AvgIpc) is 2.97. The van der Waals surface area contributed by atoms with Gasteiger partial charge in [0.2, 0.25) is 0 Å². The van der Waals surface area contributed by atoms with Crippen molar-refractivity contribution >= 4 is 0 Å². The Hall–Kier alpha value is -3.52. The number of aryl methyl sites for hydroxylation is 2. The maximum atomic E-state index is 6.32. The van der Waals surface area contributed by atoms with Gasteiger partial charge in [-0.15, -0.1) is 0 Å². The fraction of sp³-hybridized carbons (Fsp3) is 0.455. The molecule has 0 aliphatic heterocycles. The lowest BCUT2D eigenvalue weighted by molar-refractivity contribution is 0.304. The smallest absolute Gasteiger partial charge is 0.120 e. The van der Waals surface area contributed by atoms with Gasteiger partial charge in [-0.25, -0.2) is 0 Å². The Kier molecular flexibility index (Phi) is 10.5. The summed E-state index contributed by atoms with van der Waals surface area (Å²) in [5, 5.41) is 0. The van der Waals surface area contributed by atoms with Gasteiger partial charge in [-0.05, 0) is 103 Å². The van der Waals surface area contributed by atoms with Gasteiger partial charge in [0.25, 0.3) is 0 Å². The molecule has 0 aliphatic carbocycles. The molecule has 2 nitrogen and oxygen atoms in total. The van der Waals surface area contributed by atoms with E-state index in [1.807, 2.05) is 0 Å². The van der Waals surface area contributed by atoms with Crippen LogP contribution in [0.25, 0.3) is 0 Å². The highest BCUT2D eigenvalue weighted by Gasteiger charge is 2.22. The predicted molar refractivity (Wildman–Crippen MR) is 197 cm³/mol. The van der Waals surface area contributed by atoms with Gasteiger partial charge in [0.1, 0.15) is 24.7 Å². The zero-order chi connectivity index (χ0) is 33.9. The average molecular weight is 619 g/mol. The van der Waals surface area contributed by atoms with E-state index in [1.54, 1.807) is 0 Å². The van der Waals surface area contributed by atoms with Crippen LogP contribution in [0.4, 0.5) is 0 Å². The lowest BCUT2D eigenvalue weighted by atomic mass is 9.80. The van der Waals surface area contributed by atoms with Crippen LogP contribution in [0.1, 0.15) is 128 Å². The normalized spacial score (nSPS) is 12.7. The zero-order valence-electron chi connectivity index (χ0n) is 30.7. The molecule has 0 atom stereocenters. The first-order valence-corrected chi connectivity index (χ1v) is 17.0. The highest BCUT2D eigenvalue weighted by molar-refractivity contribution is 5.42. The third kappa shape index (κ3) is 9.99. The van der Waals surface area contributed by atoms with Crippen molar-refractivity contribution in [3.8, 4) is 11.5 Å². The van der Waals surface area contributed by atoms with Gasteiger partial charge in [-0.3, -0.25) is 0 Å². The molecule has 0 heterocycles. The summed E-state index contributed by atoms with van der Waals surface area (Å²) in [5.74, 6) is 1.90. The maximum absolute atomic E-state index is 6.32. The van der Waals surface area contributed by atoms with E-state index in [2.05, 4.69) is 168 Å². The van der Waals surface area contributed by atoms with Crippen molar-refractivity contribution in [1.82, 2.24) is 0 Å². The molecule has 0 saturated heterocycles. The summed E-state index contributed by atoms with van der Waals surface area (Å²) < 4.78 is 12.6. The van der Waals surface area contributed by atoms with Crippen molar-refractivity contribution in [3.05, 3.63) is 129 Å². The van der Waals surface area contributed by atoms with Gasteiger partial charge in [0.15, 0.2) is 0 Å². The SMILES string of the molecule is CC(C)(C)c1cc(OCc2ccc(CCc3ccc(COc4cc(C(C)(C)C)cc(C(C)(C)C)c4)cc3)cc2)cc(C(C)(C)C)c1. The maximum Gasteiger partial charge on any atom is 0.120 e. The molecule has 246 valence electrons. The molecular weight excluding hydrogens is 560 g/mol. The van der Waals surface area contributed by atoms with Crippen LogP contribution in [0.15, 0.2) is 84.9 Å².